The minimum atomic E-state index is 0.448. The third kappa shape index (κ3) is 4.84. The summed E-state index contributed by atoms with van der Waals surface area (Å²) < 4.78 is 0. The van der Waals surface area contributed by atoms with E-state index in [0.717, 1.165) is 24.4 Å². The molecule has 0 atom stereocenters. The first-order chi connectivity index (χ1) is 7.76. The molecule has 0 bridgehead atoms. The molecule has 1 rings (SSSR count). The van der Waals surface area contributed by atoms with Crippen LogP contribution in [0.25, 0.3) is 0 Å². The van der Waals surface area contributed by atoms with E-state index < -0.39 is 0 Å². The summed E-state index contributed by atoms with van der Waals surface area (Å²) >= 11 is 7.49. The van der Waals surface area contributed by atoms with Crippen molar-refractivity contribution < 1.29 is 0 Å². The molecule has 0 radical (unpaired) electrons. The van der Waals surface area contributed by atoms with E-state index in [1.807, 2.05) is 6.07 Å². The van der Waals surface area contributed by atoms with E-state index in [0.29, 0.717) is 11.7 Å². The summed E-state index contributed by atoms with van der Waals surface area (Å²) in [4.78, 5) is 6.12. The van der Waals surface area contributed by atoms with Gasteiger partial charge in [-0.05, 0) is 17.9 Å². The molecular weight excluding hydrogens is 242 g/mol. The minimum absolute atomic E-state index is 0.448. The van der Waals surface area contributed by atoms with Gasteiger partial charge < -0.3 is 0 Å². The van der Waals surface area contributed by atoms with Crippen LogP contribution in [0.4, 0.5) is 0 Å². The maximum atomic E-state index is 8.72. The van der Waals surface area contributed by atoms with Crippen molar-refractivity contribution in [2.75, 3.05) is 25.1 Å². The van der Waals surface area contributed by atoms with Gasteiger partial charge in [0.15, 0.2) is 0 Å². The average molecular weight is 256 g/mol. The van der Waals surface area contributed by atoms with Crippen molar-refractivity contribution in [3.8, 4) is 6.07 Å². The first-order valence-corrected chi connectivity index (χ1v) is 6.72. The highest BCUT2D eigenvalue weighted by Crippen LogP contribution is 2.08. The van der Waals surface area contributed by atoms with Gasteiger partial charge in [0.1, 0.15) is 5.15 Å². The molecule has 0 unspecified atom stereocenters. The van der Waals surface area contributed by atoms with Crippen LogP contribution in [0.2, 0.25) is 5.15 Å². The second-order valence-electron chi connectivity index (χ2n) is 3.35. The van der Waals surface area contributed by atoms with Crippen LogP contribution in [0.3, 0.4) is 0 Å². The second-order valence-corrected chi connectivity index (χ2v) is 4.72. The summed E-state index contributed by atoms with van der Waals surface area (Å²) in [5.74, 6) is 1.03. The lowest BCUT2D eigenvalue weighted by Gasteiger charge is -2.18. The number of halogens is 1. The number of hydrogen-bond acceptors (Lipinski definition) is 4. The molecule has 0 amide bonds. The Morgan fingerprint density at radius 2 is 2.38 bits per heavy atom. The number of aromatic nitrogens is 1. The Morgan fingerprint density at radius 1 is 1.56 bits per heavy atom. The summed E-state index contributed by atoms with van der Waals surface area (Å²) in [5.41, 5.74) is 1.08. The van der Waals surface area contributed by atoms with E-state index in [9.17, 15) is 0 Å². The van der Waals surface area contributed by atoms with Crippen LogP contribution in [0.5, 0.6) is 0 Å². The Hall–Kier alpha value is -0.760. The van der Waals surface area contributed by atoms with Gasteiger partial charge in [0.05, 0.1) is 12.6 Å². The smallest absolute Gasteiger partial charge is 0.129 e. The molecule has 0 aromatic carbocycles. The predicted molar refractivity (Wildman–Crippen MR) is 68.5 cm³/mol. The van der Waals surface area contributed by atoms with Crippen molar-refractivity contribution in [3.63, 3.8) is 0 Å². The third-order valence-corrected chi connectivity index (χ3v) is 2.92. The van der Waals surface area contributed by atoms with Crippen LogP contribution < -0.4 is 0 Å². The van der Waals surface area contributed by atoms with Crippen molar-refractivity contribution in [1.29, 1.82) is 5.26 Å². The van der Waals surface area contributed by atoms with Crippen molar-refractivity contribution in [1.82, 2.24) is 9.88 Å². The Bertz CT molecular complexity index is 347. The molecule has 0 aliphatic heterocycles. The molecule has 0 aliphatic carbocycles. The molecule has 1 heterocycles. The lowest BCUT2D eigenvalue weighted by Crippen LogP contribution is -2.26. The number of thioether (sulfide) groups is 1. The molecule has 5 heteroatoms. The fourth-order valence-corrected chi connectivity index (χ4v) is 1.85. The fourth-order valence-electron chi connectivity index (χ4n) is 1.29. The Balaban J connectivity index is 2.53. The highest BCUT2D eigenvalue weighted by molar-refractivity contribution is 7.98. The standard InChI is InChI=1S/C11H14ClN3S/c1-16-7-6-15(5-4-13)9-10-2-3-11(12)14-8-10/h2-3,8H,5-7,9H2,1H3. The number of hydrogen-bond donors (Lipinski definition) is 0. The lowest BCUT2D eigenvalue weighted by molar-refractivity contribution is 0.317. The van der Waals surface area contributed by atoms with E-state index in [4.69, 9.17) is 16.9 Å². The highest BCUT2D eigenvalue weighted by Gasteiger charge is 2.05. The summed E-state index contributed by atoms with van der Waals surface area (Å²) in [6.07, 6.45) is 3.82. The SMILES string of the molecule is CSCCN(CC#N)Cc1ccc(Cl)nc1. The Kier molecular flexibility index (Phi) is 6.24. The fraction of sp³-hybridized carbons (Fsp3) is 0.455. The molecule has 0 fully saturated rings. The van der Waals surface area contributed by atoms with E-state index in [-0.39, 0.29) is 0 Å². The van der Waals surface area contributed by atoms with Crippen LogP contribution in [0.15, 0.2) is 18.3 Å². The third-order valence-electron chi connectivity index (χ3n) is 2.10. The first-order valence-electron chi connectivity index (χ1n) is 4.95. The van der Waals surface area contributed by atoms with Gasteiger partial charge in [0.25, 0.3) is 0 Å². The summed E-state index contributed by atoms with van der Waals surface area (Å²) in [7, 11) is 0. The van der Waals surface area contributed by atoms with Gasteiger partial charge in [-0.2, -0.15) is 17.0 Å². The Labute approximate surface area is 105 Å². The van der Waals surface area contributed by atoms with Gasteiger partial charge >= 0.3 is 0 Å². The van der Waals surface area contributed by atoms with Gasteiger partial charge in [-0.1, -0.05) is 17.7 Å². The summed E-state index contributed by atoms with van der Waals surface area (Å²) in [6, 6.07) is 5.90. The molecule has 1 aromatic heterocycles. The number of nitrogens with zero attached hydrogens (tertiary/aromatic N) is 3. The number of pyridine rings is 1. The average Bonchev–Trinajstić information content (AvgIpc) is 2.29. The van der Waals surface area contributed by atoms with Gasteiger partial charge in [0, 0.05) is 25.0 Å². The van der Waals surface area contributed by atoms with Gasteiger partial charge in [-0.25, -0.2) is 4.98 Å². The molecule has 86 valence electrons. The van der Waals surface area contributed by atoms with Gasteiger partial charge in [-0.15, -0.1) is 0 Å². The largest absolute Gasteiger partial charge is 0.285 e. The highest BCUT2D eigenvalue weighted by atomic mass is 35.5. The zero-order valence-corrected chi connectivity index (χ0v) is 10.8. The molecule has 0 spiro atoms. The molecular formula is C11H14ClN3S. The van der Waals surface area contributed by atoms with Gasteiger partial charge in [0.2, 0.25) is 0 Å². The summed E-state index contributed by atoms with van der Waals surface area (Å²) in [6.45, 7) is 2.11. The van der Waals surface area contributed by atoms with Gasteiger partial charge in [-0.3, -0.25) is 4.90 Å². The second kappa shape index (κ2) is 7.50. The quantitative estimate of drug-likeness (QED) is 0.578. The number of rotatable bonds is 6. The van der Waals surface area contributed by atoms with Crippen molar-refractivity contribution in [2.45, 2.75) is 6.54 Å². The maximum Gasteiger partial charge on any atom is 0.129 e. The van der Waals surface area contributed by atoms with E-state index in [1.165, 1.54) is 0 Å². The molecule has 0 saturated carbocycles. The van der Waals surface area contributed by atoms with E-state index in [2.05, 4.69) is 22.2 Å². The van der Waals surface area contributed by atoms with Crippen molar-refractivity contribution in [3.05, 3.63) is 29.0 Å². The first kappa shape index (κ1) is 13.3. The molecule has 0 N–H and O–H groups in total. The number of nitriles is 1. The van der Waals surface area contributed by atoms with E-state index in [1.54, 1.807) is 24.0 Å². The predicted octanol–water partition coefficient (Wildman–Crippen LogP) is 2.42. The maximum absolute atomic E-state index is 8.72. The van der Waals surface area contributed by atoms with Crippen molar-refractivity contribution >= 4 is 23.4 Å². The Morgan fingerprint density at radius 3 is 2.94 bits per heavy atom. The summed E-state index contributed by atoms with van der Waals surface area (Å²) in [5, 5.41) is 9.22. The molecule has 3 nitrogen and oxygen atoms in total. The lowest BCUT2D eigenvalue weighted by atomic mass is 10.2. The topological polar surface area (TPSA) is 39.9 Å². The van der Waals surface area contributed by atoms with Crippen LogP contribution in [-0.4, -0.2) is 35.0 Å². The zero-order chi connectivity index (χ0) is 11.8. The minimum Gasteiger partial charge on any atom is -0.285 e. The molecule has 1 aromatic rings. The van der Waals surface area contributed by atoms with Crippen LogP contribution in [-0.2, 0) is 6.54 Å². The molecule has 0 aliphatic rings. The molecule has 16 heavy (non-hydrogen) atoms. The van der Waals surface area contributed by atoms with E-state index >= 15 is 0 Å². The zero-order valence-electron chi connectivity index (χ0n) is 9.19. The molecule has 0 saturated heterocycles. The van der Waals surface area contributed by atoms with Crippen LogP contribution in [0.1, 0.15) is 5.56 Å². The normalized spacial score (nSPS) is 10.4. The monoisotopic (exact) mass is 255 g/mol. The van der Waals surface area contributed by atoms with Crippen LogP contribution in [0, 0.1) is 11.3 Å². The van der Waals surface area contributed by atoms with Crippen LogP contribution >= 0.6 is 23.4 Å². The van der Waals surface area contributed by atoms with Crippen molar-refractivity contribution in [2.24, 2.45) is 0 Å².